The minimum absolute atomic E-state index is 0.0279. The number of ketones is 1. The van der Waals surface area contributed by atoms with Crippen LogP contribution >= 0.6 is 0 Å². The quantitative estimate of drug-likeness (QED) is 0.0203. The normalized spacial score (nSPS) is 32.8. The first-order valence-corrected chi connectivity index (χ1v) is 40.3. The Labute approximate surface area is 568 Å². The lowest BCUT2D eigenvalue weighted by Gasteiger charge is -2.40. The summed E-state index contributed by atoms with van der Waals surface area (Å²) in [6.45, 7) is 47.0. The van der Waals surface area contributed by atoms with Gasteiger partial charge < -0.3 is 62.1 Å². The molecule has 3 unspecified atom stereocenters. The first-order chi connectivity index (χ1) is 43.3. The largest absolute Gasteiger partial charge is 0.457 e. The van der Waals surface area contributed by atoms with Crippen LogP contribution in [0.1, 0.15) is 190 Å². The molecule has 18 nitrogen and oxygen atoms in total. The van der Waals surface area contributed by atoms with Crippen molar-refractivity contribution in [2.75, 3.05) is 14.2 Å². The zero-order valence-corrected chi connectivity index (χ0v) is 64.4. The second-order valence-electron chi connectivity index (χ2n) is 30.9. The van der Waals surface area contributed by atoms with Crippen LogP contribution in [0.3, 0.4) is 0 Å². The lowest BCUT2D eigenvalue weighted by Crippen LogP contribution is -2.46. The number of carbonyl (C=O) groups excluding carboxylic acids is 5. The second kappa shape index (κ2) is 36.2. The molecule has 0 aromatic carbocycles. The first-order valence-electron chi connectivity index (χ1n) is 34.5. The summed E-state index contributed by atoms with van der Waals surface area (Å²) in [4.78, 5) is 64.0. The van der Waals surface area contributed by atoms with Gasteiger partial charge >= 0.3 is 23.9 Å². The Hall–Kier alpha value is -3.94. The van der Waals surface area contributed by atoms with Gasteiger partial charge in [-0.15, -0.1) is 0 Å². The van der Waals surface area contributed by atoms with Gasteiger partial charge in [-0.2, -0.15) is 0 Å². The highest BCUT2D eigenvalue weighted by Gasteiger charge is 2.52. The molecule has 3 N–H and O–H groups in total. The number of cyclic esters (lactones) is 2. The molecule has 21 atom stereocenters. The van der Waals surface area contributed by atoms with Gasteiger partial charge in [0.15, 0.2) is 22.4 Å². The summed E-state index contributed by atoms with van der Waals surface area (Å²) in [5.74, 6) is -2.55. The molecule has 0 radical (unpaired) electrons. The number of epoxide rings is 2. The minimum atomic E-state index is -2.27. The van der Waals surface area contributed by atoms with Crippen molar-refractivity contribution in [3.63, 3.8) is 0 Å². The second-order valence-corrected chi connectivity index (χ2v) is 40.4. The van der Waals surface area contributed by atoms with Gasteiger partial charge in [0.2, 0.25) is 0 Å². The third-order valence-electron chi connectivity index (χ3n) is 20.5. The first kappa shape index (κ1) is 84.3. The Morgan fingerprint density at radius 2 is 1.00 bits per heavy atom. The van der Waals surface area contributed by atoms with E-state index in [4.69, 9.17) is 46.7 Å². The van der Waals surface area contributed by atoms with Gasteiger partial charge in [0.1, 0.15) is 47.8 Å². The molecule has 538 valence electrons. The summed E-state index contributed by atoms with van der Waals surface area (Å²) >= 11 is 0. The lowest BCUT2D eigenvalue weighted by molar-refractivity contribution is -0.158. The average Bonchev–Trinajstić information content (AvgIpc) is 1.63. The summed E-state index contributed by atoms with van der Waals surface area (Å²) in [6, 6.07) is 0. The van der Waals surface area contributed by atoms with Crippen molar-refractivity contribution in [2.24, 2.45) is 35.5 Å². The van der Waals surface area contributed by atoms with E-state index in [1.165, 1.54) is 13.8 Å². The van der Waals surface area contributed by atoms with Crippen LogP contribution in [0.2, 0.25) is 36.3 Å². The SMILES string of the molecule is CC[C@H](OC)[C@@H](C)[C@H]1O[C@@H]1C(=O)C(C)/C=C/C=C(\C)C1OC(=O)C[C@H](O[Si](C)(C)C(C)(C)C)CC[C@@](C)(O)[C@@H](OC(C)=O)/C=C/[C@@H]1C.CC[C@H](OC)[C@@H](C)[C@H]1O[C@@H]1[C@@H](O)[C@H](C)/C=C/C=C(\C)C1OC(=O)C[C@H](O[Si](C)(C)C(C)(C)C)CC[C@@](C)(O)[C@@H](OC(C)=O)/C=C/[C@@H]1C. The lowest BCUT2D eigenvalue weighted by atomic mass is 9.88. The van der Waals surface area contributed by atoms with Crippen LogP contribution in [0.25, 0.3) is 0 Å². The van der Waals surface area contributed by atoms with Gasteiger partial charge in [-0.05, 0) is 126 Å². The highest BCUT2D eigenvalue weighted by atomic mass is 28.4. The van der Waals surface area contributed by atoms with E-state index in [0.717, 1.165) is 24.0 Å². The zero-order valence-electron chi connectivity index (χ0n) is 62.4. The third-order valence-corrected chi connectivity index (χ3v) is 29.5. The van der Waals surface area contributed by atoms with Crippen molar-refractivity contribution in [3.8, 4) is 0 Å². The van der Waals surface area contributed by atoms with Gasteiger partial charge in [0, 0.05) is 63.6 Å². The number of ether oxygens (including phenoxy) is 8. The summed E-state index contributed by atoms with van der Waals surface area (Å²) in [6.07, 6.45) is 16.0. The number of carbonyl (C=O) groups is 5. The number of esters is 4. The van der Waals surface area contributed by atoms with E-state index < -0.39 is 88.6 Å². The molecule has 4 rings (SSSR count). The van der Waals surface area contributed by atoms with Crippen LogP contribution in [0.4, 0.5) is 0 Å². The van der Waals surface area contributed by atoms with E-state index in [1.54, 1.807) is 40.2 Å². The molecule has 0 saturated carbocycles. The molecular formula is C74H126O18Si2. The zero-order chi connectivity index (χ0) is 71.8. The van der Waals surface area contributed by atoms with E-state index in [-0.39, 0.29) is 120 Å². The van der Waals surface area contributed by atoms with E-state index in [0.29, 0.717) is 12.8 Å². The highest BCUT2D eigenvalue weighted by molar-refractivity contribution is 6.74. The average molecular weight is 1360 g/mol. The summed E-state index contributed by atoms with van der Waals surface area (Å²) < 4.78 is 59.4. The Balaban J connectivity index is 0.000000490. The fourth-order valence-electron chi connectivity index (χ4n) is 11.9. The smallest absolute Gasteiger partial charge is 0.308 e. The van der Waals surface area contributed by atoms with Gasteiger partial charge in [-0.3, -0.25) is 24.0 Å². The number of hydrogen-bond donors (Lipinski definition) is 3. The Kier molecular flexibility index (Phi) is 32.5. The maximum atomic E-state index is 13.5. The van der Waals surface area contributed by atoms with Crippen molar-refractivity contribution < 1.29 is 86.0 Å². The molecule has 94 heavy (non-hydrogen) atoms. The Morgan fingerprint density at radius 1 is 0.617 bits per heavy atom. The minimum Gasteiger partial charge on any atom is -0.457 e. The van der Waals surface area contributed by atoms with Gasteiger partial charge in [-0.25, -0.2) is 0 Å². The van der Waals surface area contributed by atoms with Crippen LogP contribution < -0.4 is 0 Å². The number of hydrogen-bond acceptors (Lipinski definition) is 18. The Bertz CT molecular complexity index is 2630. The number of methoxy groups -OCH3 is 2. The monoisotopic (exact) mass is 1360 g/mol. The van der Waals surface area contributed by atoms with Crippen LogP contribution in [0, 0.1) is 35.5 Å². The van der Waals surface area contributed by atoms with E-state index in [1.807, 2.05) is 90.2 Å². The molecule has 0 aromatic rings. The van der Waals surface area contributed by atoms with Crippen LogP contribution in [-0.4, -0.2) is 166 Å². The highest BCUT2D eigenvalue weighted by Crippen LogP contribution is 2.42. The van der Waals surface area contributed by atoms with E-state index in [9.17, 15) is 39.3 Å². The molecule has 0 amide bonds. The van der Waals surface area contributed by atoms with Crippen molar-refractivity contribution in [1.29, 1.82) is 0 Å². The maximum absolute atomic E-state index is 13.5. The molecule has 2 saturated heterocycles. The fraction of sp³-hybridized carbons (Fsp3) is 0.770. The number of aliphatic hydroxyl groups is 3. The molecule has 2 fully saturated rings. The molecule has 20 heteroatoms. The third kappa shape index (κ3) is 25.4. The summed E-state index contributed by atoms with van der Waals surface area (Å²) in [7, 11) is -1.14. The van der Waals surface area contributed by atoms with Crippen LogP contribution in [-0.2, 0) is 70.7 Å². The van der Waals surface area contributed by atoms with Crippen molar-refractivity contribution >= 4 is 46.3 Å². The van der Waals surface area contributed by atoms with Crippen molar-refractivity contribution in [2.45, 2.75) is 317 Å². The van der Waals surface area contributed by atoms with Crippen molar-refractivity contribution in [1.82, 2.24) is 0 Å². The molecule has 4 heterocycles. The standard InChI is InChI=1S/C37H64O9Si.C37H62O9Si/c2*1-14-29(42-11)26(5)34-35(45-34)32(40)23(2)16-15-17-24(3)33-25(4)18-19-30(43-27(6)38)37(10,41)21-20-28(22-31(39)44-33)46-47(12,13)36(7,8)9/h15-19,23,25-26,28-30,32-35,40-41H,14,20-22H2,1-13H3;15-19,23,25-26,28-30,33-35,41H,14,20-22H2,1-13H3/b2*16-15+,19-18+,24-17+/t23-,25+,26-,28-,29+,30+,32+,33?,34-,35-,37-;23?,25-,26+,28+,29-,30-,33?,34+,35+,37+/m10/s1. The summed E-state index contributed by atoms with van der Waals surface area (Å²) in [5, 5.41) is 33.8. The molecule has 0 aliphatic carbocycles. The number of rotatable bonds is 24. The summed E-state index contributed by atoms with van der Waals surface area (Å²) in [5.41, 5.74) is -1.16. The maximum Gasteiger partial charge on any atom is 0.308 e. The van der Waals surface area contributed by atoms with Gasteiger partial charge in [-0.1, -0.05) is 146 Å². The Morgan fingerprint density at radius 3 is 1.36 bits per heavy atom. The van der Waals surface area contributed by atoms with Gasteiger partial charge in [0.25, 0.3) is 0 Å². The van der Waals surface area contributed by atoms with E-state index >= 15 is 0 Å². The topological polar surface area (TPSA) is 245 Å². The molecular weight excluding hydrogens is 1230 g/mol. The number of aliphatic hydroxyl groups excluding tert-OH is 1. The van der Waals surface area contributed by atoms with Gasteiger partial charge in [0.05, 0.1) is 55.6 Å². The molecule has 0 spiro atoms. The molecule has 0 aromatic heterocycles. The molecule has 4 aliphatic heterocycles. The predicted octanol–water partition coefficient (Wildman–Crippen LogP) is 13.6. The van der Waals surface area contributed by atoms with Crippen LogP contribution in [0.15, 0.2) is 71.9 Å². The predicted molar refractivity (Wildman–Crippen MR) is 374 cm³/mol. The fourth-order valence-corrected chi connectivity index (χ4v) is 14.6. The molecule has 0 bridgehead atoms. The van der Waals surface area contributed by atoms with E-state index in [2.05, 4.69) is 95.4 Å². The number of Topliss-reactive ketones (excluding diaryl/α,β-unsaturated/α-hetero) is 1. The molecule has 4 aliphatic rings. The van der Waals surface area contributed by atoms with Crippen molar-refractivity contribution in [3.05, 3.63) is 71.9 Å². The number of allylic oxidation sites excluding steroid dienone is 5. The van der Waals surface area contributed by atoms with Crippen LogP contribution in [0.5, 0.6) is 0 Å².